The van der Waals surface area contributed by atoms with E-state index in [0.717, 1.165) is 11.3 Å². The zero-order chi connectivity index (χ0) is 24.4. The van der Waals surface area contributed by atoms with Crippen molar-refractivity contribution in [1.29, 1.82) is 0 Å². The lowest BCUT2D eigenvalue weighted by Gasteiger charge is -2.34. The van der Waals surface area contributed by atoms with Gasteiger partial charge in [0, 0.05) is 18.4 Å². The highest BCUT2D eigenvalue weighted by Gasteiger charge is 2.34. The van der Waals surface area contributed by atoms with E-state index in [9.17, 15) is 9.59 Å². The maximum Gasteiger partial charge on any atom is 0.350 e. The van der Waals surface area contributed by atoms with Crippen molar-refractivity contribution in [3.8, 4) is 11.4 Å². The molecule has 0 aromatic carbocycles. The number of halogens is 3. The number of ether oxygens (including phenoxy) is 1. The number of esters is 1. The Kier molecular flexibility index (Phi) is 7.39. The van der Waals surface area contributed by atoms with E-state index in [1.54, 1.807) is 43.1 Å². The molecule has 0 spiro atoms. The van der Waals surface area contributed by atoms with Gasteiger partial charge in [-0.2, -0.15) is 0 Å². The average molecular weight is 526 g/mol. The molecule has 4 rings (SSSR count). The van der Waals surface area contributed by atoms with Gasteiger partial charge in [0.15, 0.2) is 5.13 Å². The number of pyridine rings is 1. The first kappa shape index (κ1) is 24.4. The Hall–Kier alpha value is -2.69. The zero-order valence-corrected chi connectivity index (χ0v) is 20.7. The first-order chi connectivity index (χ1) is 16.3. The SMILES string of the molecule is CCOC(=O)c1sc(N2CC[C@@H](NC(=O)c3[nH]c(C)c(Cl)c3Cl)[C@@H](F)C2)nc1-c1ccccn1. The summed E-state index contributed by atoms with van der Waals surface area (Å²) in [6.45, 7) is 4.07. The molecule has 0 aliphatic carbocycles. The number of hydrogen-bond acceptors (Lipinski definition) is 7. The third-order valence-electron chi connectivity index (χ3n) is 5.39. The number of aromatic nitrogens is 3. The Morgan fingerprint density at radius 2 is 2.15 bits per heavy atom. The van der Waals surface area contributed by atoms with E-state index in [4.69, 9.17) is 27.9 Å². The number of aryl methyl sites for hydroxylation is 1. The third-order valence-corrected chi connectivity index (χ3v) is 7.44. The van der Waals surface area contributed by atoms with E-state index >= 15 is 4.39 Å². The van der Waals surface area contributed by atoms with Crippen molar-refractivity contribution in [3.05, 3.63) is 50.7 Å². The normalized spacial score (nSPS) is 18.1. The lowest BCUT2D eigenvalue weighted by molar-refractivity contribution is 0.0532. The smallest absolute Gasteiger partial charge is 0.350 e. The standard InChI is InChI=1S/C22H22Cl2FN5O3S/c1-3-33-21(32)19-17(14-6-4-5-8-26-14)29-22(34-19)30-9-7-13(12(25)10-30)28-20(31)18-16(24)15(23)11(2)27-18/h4-6,8,12-13,27H,3,7,9-10H2,1-2H3,(H,28,31)/t12-,13+/m0/s1. The van der Waals surface area contributed by atoms with Crippen LogP contribution in [0.15, 0.2) is 24.4 Å². The number of thiazole rings is 1. The van der Waals surface area contributed by atoms with Crippen molar-refractivity contribution in [1.82, 2.24) is 20.3 Å². The van der Waals surface area contributed by atoms with Crippen LogP contribution in [0.5, 0.6) is 0 Å². The summed E-state index contributed by atoms with van der Waals surface area (Å²) >= 11 is 13.3. The Morgan fingerprint density at radius 1 is 1.35 bits per heavy atom. The van der Waals surface area contributed by atoms with Crippen LogP contribution >= 0.6 is 34.5 Å². The van der Waals surface area contributed by atoms with Crippen LogP contribution in [0.25, 0.3) is 11.4 Å². The maximum atomic E-state index is 15.1. The van der Waals surface area contributed by atoms with Gasteiger partial charge in [0.25, 0.3) is 5.91 Å². The lowest BCUT2D eigenvalue weighted by atomic mass is 10.0. The number of rotatable bonds is 6. The highest BCUT2D eigenvalue weighted by atomic mass is 35.5. The fourth-order valence-electron chi connectivity index (χ4n) is 3.67. The number of H-pyrrole nitrogens is 1. The second-order valence-electron chi connectivity index (χ2n) is 7.69. The van der Waals surface area contributed by atoms with Gasteiger partial charge >= 0.3 is 5.97 Å². The lowest BCUT2D eigenvalue weighted by Crippen LogP contribution is -2.52. The molecule has 0 unspecified atom stereocenters. The molecule has 2 atom stereocenters. The molecule has 1 fully saturated rings. The van der Waals surface area contributed by atoms with Crippen molar-refractivity contribution in [2.75, 3.05) is 24.6 Å². The quantitative estimate of drug-likeness (QED) is 0.453. The van der Waals surface area contributed by atoms with E-state index in [2.05, 4.69) is 20.3 Å². The molecule has 8 nitrogen and oxygen atoms in total. The van der Waals surface area contributed by atoms with Gasteiger partial charge in [-0.15, -0.1) is 0 Å². The average Bonchev–Trinajstić information content (AvgIpc) is 3.39. The fraction of sp³-hybridized carbons (Fsp3) is 0.364. The van der Waals surface area contributed by atoms with Crippen molar-refractivity contribution < 1.29 is 18.7 Å². The van der Waals surface area contributed by atoms with E-state index in [1.165, 1.54) is 0 Å². The van der Waals surface area contributed by atoms with Crippen LogP contribution in [0, 0.1) is 6.92 Å². The Balaban J connectivity index is 1.50. The number of nitrogens with one attached hydrogen (secondary N) is 2. The number of aromatic amines is 1. The van der Waals surface area contributed by atoms with Gasteiger partial charge < -0.3 is 19.9 Å². The molecule has 1 aliphatic rings. The molecule has 1 saturated heterocycles. The van der Waals surface area contributed by atoms with Gasteiger partial charge in [0.1, 0.15) is 22.4 Å². The van der Waals surface area contributed by atoms with E-state index in [1.807, 2.05) is 0 Å². The van der Waals surface area contributed by atoms with E-state index in [-0.39, 0.29) is 28.9 Å². The summed E-state index contributed by atoms with van der Waals surface area (Å²) in [5.41, 5.74) is 1.61. The van der Waals surface area contributed by atoms with Crippen LogP contribution in [0.4, 0.5) is 9.52 Å². The van der Waals surface area contributed by atoms with E-state index in [0.29, 0.717) is 40.1 Å². The molecule has 34 heavy (non-hydrogen) atoms. The summed E-state index contributed by atoms with van der Waals surface area (Å²) in [6, 6.07) is 4.61. The van der Waals surface area contributed by atoms with Gasteiger partial charge in [-0.3, -0.25) is 9.78 Å². The Morgan fingerprint density at radius 3 is 2.76 bits per heavy atom. The first-order valence-electron chi connectivity index (χ1n) is 10.6. The largest absolute Gasteiger partial charge is 0.462 e. The van der Waals surface area contributed by atoms with Crippen molar-refractivity contribution >= 4 is 51.5 Å². The second-order valence-corrected chi connectivity index (χ2v) is 9.43. The summed E-state index contributed by atoms with van der Waals surface area (Å²) in [4.78, 5) is 38.9. The van der Waals surface area contributed by atoms with Crippen molar-refractivity contribution in [3.63, 3.8) is 0 Å². The molecule has 1 amide bonds. The molecule has 0 saturated carbocycles. The fourth-order valence-corrected chi connectivity index (χ4v) is 5.09. The number of carbonyl (C=O) groups excluding carboxylic acids is 2. The Labute approximate surface area is 209 Å². The van der Waals surface area contributed by atoms with Crippen LogP contribution in [0.1, 0.15) is 39.2 Å². The molecule has 0 bridgehead atoms. The number of nitrogens with zero attached hydrogens (tertiary/aromatic N) is 3. The molecule has 4 heterocycles. The predicted molar refractivity (Wildman–Crippen MR) is 130 cm³/mol. The van der Waals surface area contributed by atoms with E-state index < -0.39 is 24.1 Å². The van der Waals surface area contributed by atoms with Gasteiger partial charge in [0.2, 0.25) is 0 Å². The van der Waals surface area contributed by atoms with Gasteiger partial charge in [-0.1, -0.05) is 40.6 Å². The summed E-state index contributed by atoms with van der Waals surface area (Å²) in [7, 11) is 0. The summed E-state index contributed by atoms with van der Waals surface area (Å²) in [5, 5.41) is 3.57. The number of piperidine rings is 1. The van der Waals surface area contributed by atoms with Crippen LogP contribution in [0.2, 0.25) is 10.0 Å². The molecular weight excluding hydrogens is 504 g/mol. The zero-order valence-electron chi connectivity index (χ0n) is 18.4. The minimum atomic E-state index is -1.36. The third kappa shape index (κ3) is 4.89. The molecule has 2 N–H and O–H groups in total. The Bertz CT molecular complexity index is 1200. The minimum Gasteiger partial charge on any atom is -0.462 e. The number of amides is 1. The first-order valence-corrected chi connectivity index (χ1v) is 12.2. The van der Waals surface area contributed by atoms with Gasteiger partial charge in [0.05, 0.1) is 34.9 Å². The topological polar surface area (TPSA) is 100 Å². The number of alkyl halides is 1. The summed E-state index contributed by atoms with van der Waals surface area (Å²) in [6.07, 6.45) is 0.585. The number of carbonyl (C=O) groups is 2. The van der Waals surface area contributed by atoms with Gasteiger partial charge in [-0.25, -0.2) is 14.2 Å². The van der Waals surface area contributed by atoms with Crippen molar-refractivity contribution in [2.24, 2.45) is 0 Å². The van der Waals surface area contributed by atoms with Crippen LogP contribution in [-0.2, 0) is 4.74 Å². The predicted octanol–water partition coefficient (Wildman–Crippen LogP) is 4.67. The van der Waals surface area contributed by atoms with Crippen LogP contribution < -0.4 is 10.2 Å². The molecule has 12 heteroatoms. The number of anilines is 1. The second kappa shape index (κ2) is 10.3. The molecular formula is C22H22Cl2FN5O3S. The monoisotopic (exact) mass is 525 g/mol. The summed E-state index contributed by atoms with van der Waals surface area (Å²) in [5.74, 6) is -1.01. The maximum absolute atomic E-state index is 15.1. The molecule has 3 aromatic heterocycles. The van der Waals surface area contributed by atoms with Gasteiger partial charge in [-0.05, 0) is 32.4 Å². The minimum absolute atomic E-state index is 0.000621. The number of hydrogen-bond donors (Lipinski definition) is 2. The molecule has 180 valence electrons. The van der Waals surface area contributed by atoms with Crippen LogP contribution in [-0.4, -0.2) is 58.7 Å². The molecule has 1 aliphatic heterocycles. The highest BCUT2D eigenvalue weighted by molar-refractivity contribution is 7.17. The molecule has 0 radical (unpaired) electrons. The summed E-state index contributed by atoms with van der Waals surface area (Å²) < 4.78 is 20.3. The highest BCUT2D eigenvalue weighted by Crippen LogP contribution is 2.35. The van der Waals surface area contributed by atoms with Crippen molar-refractivity contribution in [2.45, 2.75) is 32.5 Å². The van der Waals surface area contributed by atoms with Crippen LogP contribution in [0.3, 0.4) is 0 Å². The molecule has 3 aromatic rings.